The van der Waals surface area contributed by atoms with Crippen LogP contribution in [0, 0.1) is 17.6 Å². The second kappa shape index (κ2) is 6.64. The van der Waals surface area contributed by atoms with Crippen molar-refractivity contribution in [1.82, 2.24) is 10.2 Å². The van der Waals surface area contributed by atoms with E-state index < -0.39 is 0 Å². The first-order chi connectivity index (χ1) is 9.51. The zero-order chi connectivity index (χ0) is 14.7. The molecule has 2 nitrogen and oxygen atoms in total. The summed E-state index contributed by atoms with van der Waals surface area (Å²) in [4.78, 5) is 2.28. The summed E-state index contributed by atoms with van der Waals surface area (Å²) in [5.74, 6) is -0.156. The summed E-state index contributed by atoms with van der Waals surface area (Å²) in [7, 11) is 0. The summed E-state index contributed by atoms with van der Waals surface area (Å²) in [5.41, 5.74) is 0.451. The molecule has 1 fully saturated rings. The van der Waals surface area contributed by atoms with Gasteiger partial charge in [-0.15, -0.1) is 0 Å². The maximum Gasteiger partial charge on any atom is 0.127 e. The van der Waals surface area contributed by atoms with Crippen molar-refractivity contribution in [3.05, 3.63) is 35.4 Å². The molecule has 1 aromatic rings. The molecule has 20 heavy (non-hydrogen) atoms. The van der Waals surface area contributed by atoms with Gasteiger partial charge in [0.1, 0.15) is 11.6 Å². The first-order valence-corrected chi connectivity index (χ1v) is 7.42. The summed E-state index contributed by atoms with van der Waals surface area (Å²) >= 11 is 0. The fourth-order valence-corrected chi connectivity index (χ4v) is 2.90. The van der Waals surface area contributed by atoms with Gasteiger partial charge in [0.05, 0.1) is 0 Å². The molecule has 3 unspecified atom stereocenters. The van der Waals surface area contributed by atoms with Gasteiger partial charge in [-0.3, -0.25) is 4.90 Å². The molecule has 112 valence electrons. The van der Waals surface area contributed by atoms with E-state index in [4.69, 9.17) is 0 Å². The molecule has 0 spiro atoms. The van der Waals surface area contributed by atoms with Gasteiger partial charge in [-0.2, -0.15) is 0 Å². The lowest BCUT2D eigenvalue weighted by atomic mass is 9.94. The lowest BCUT2D eigenvalue weighted by molar-refractivity contribution is 0.0873. The lowest BCUT2D eigenvalue weighted by Gasteiger charge is -2.42. The molecule has 0 aliphatic carbocycles. The minimum atomic E-state index is -0.371. The van der Waals surface area contributed by atoms with Crippen LogP contribution < -0.4 is 5.32 Å². The molecule has 0 aromatic heterocycles. The van der Waals surface area contributed by atoms with Crippen molar-refractivity contribution in [3.8, 4) is 0 Å². The normalized spacial score (nSPS) is 25.6. The van der Waals surface area contributed by atoms with Gasteiger partial charge < -0.3 is 5.32 Å². The maximum absolute atomic E-state index is 13.8. The third-order valence-corrected chi connectivity index (χ3v) is 4.33. The minimum absolute atomic E-state index is 0.319. The van der Waals surface area contributed by atoms with Gasteiger partial charge in [0, 0.05) is 37.3 Å². The maximum atomic E-state index is 13.8. The molecule has 2 rings (SSSR count). The third kappa shape index (κ3) is 3.55. The molecular formula is C16H24F2N2. The van der Waals surface area contributed by atoms with Crippen LogP contribution in [0.5, 0.6) is 0 Å². The van der Waals surface area contributed by atoms with E-state index in [0.717, 1.165) is 19.5 Å². The number of piperazine rings is 1. The van der Waals surface area contributed by atoms with Crippen molar-refractivity contribution >= 4 is 0 Å². The van der Waals surface area contributed by atoms with Gasteiger partial charge in [-0.25, -0.2) is 8.78 Å². The fraction of sp³-hybridized carbons (Fsp3) is 0.625. The molecule has 0 amide bonds. The Bertz CT molecular complexity index is 450. The van der Waals surface area contributed by atoms with E-state index in [9.17, 15) is 8.78 Å². The Morgan fingerprint density at radius 2 is 2.15 bits per heavy atom. The number of halogens is 2. The highest BCUT2D eigenvalue weighted by Crippen LogP contribution is 2.22. The van der Waals surface area contributed by atoms with E-state index in [1.54, 1.807) is 0 Å². The number of benzene rings is 1. The summed E-state index contributed by atoms with van der Waals surface area (Å²) in [6, 6.07) is 4.46. The van der Waals surface area contributed by atoms with Gasteiger partial charge in [0.15, 0.2) is 0 Å². The van der Waals surface area contributed by atoms with Crippen LogP contribution in [-0.2, 0) is 6.54 Å². The average Bonchev–Trinajstić information content (AvgIpc) is 2.42. The SMILES string of the molecule is CCC(C)C1CNC(C)CN1Cc1cc(F)ccc1F. The Morgan fingerprint density at radius 3 is 2.85 bits per heavy atom. The minimum Gasteiger partial charge on any atom is -0.311 e. The van der Waals surface area contributed by atoms with Crippen LogP contribution in [0.3, 0.4) is 0 Å². The van der Waals surface area contributed by atoms with E-state index >= 15 is 0 Å². The molecule has 0 bridgehead atoms. The fourth-order valence-electron chi connectivity index (χ4n) is 2.90. The van der Waals surface area contributed by atoms with Crippen LogP contribution in [0.15, 0.2) is 18.2 Å². The molecule has 1 heterocycles. The van der Waals surface area contributed by atoms with Crippen molar-refractivity contribution in [3.63, 3.8) is 0 Å². The first-order valence-electron chi connectivity index (χ1n) is 7.42. The molecule has 1 aliphatic rings. The van der Waals surface area contributed by atoms with E-state index in [-0.39, 0.29) is 11.6 Å². The predicted octanol–water partition coefficient (Wildman–Crippen LogP) is 3.17. The van der Waals surface area contributed by atoms with Crippen LogP contribution in [0.2, 0.25) is 0 Å². The molecule has 0 saturated carbocycles. The van der Waals surface area contributed by atoms with Gasteiger partial charge >= 0.3 is 0 Å². The topological polar surface area (TPSA) is 15.3 Å². The van der Waals surface area contributed by atoms with Gasteiger partial charge in [-0.05, 0) is 31.0 Å². The Balaban J connectivity index is 2.16. The standard InChI is InChI=1S/C16H24F2N2/c1-4-11(2)16-8-19-12(3)9-20(16)10-13-7-14(17)5-6-15(13)18/h5-7,11-12,16,19H,4,8-10H2,1-3H3. The summed E-state index contributed by atoms with van der Waals surface area (Å²) in [6.07, 6.45) is 1.09. The van der Waals surface area contributed by atoms with E-state index in [0.29, 0.717) is 30.1 Å². The quantitative estimate of drug-likeness (QED) is 0.912. The summed E-state index contributed by atoms with van der Waals surface area (Å²) in [6.45, 7) is 8.77. The van der Waals surface area contributed by atoms with E-state index in [1.165, 1.54) is 18.2 Å². The van der Waals surface area contributed by atoms with Crippen molar-refractivity contribution < 1.29 is 8.78 Å². The predicted molar refractivity (Wildman–Crippen MR) is 77.5 cm³/mol. The molecule has 1 saturated heterocycles. The summed E-state index contributed by atoms with van der Waals surface area (Å²) < 4.78 is 27.1. The second-order valence-corrected chi connectivity index (χ2v) is 5.93. The highest BCUT2D eigenvalue weighted by atomic mass is 19.1. The van der Waals surface area contributed by atoms with Crippen LogP contribution in [0.1, 0.15) is 32.8 Å². The molecule has 0 radical (unpaired) electrons. The van der Waals surface area contributed by atoms with Crippen molar-refractivity contribution in [2.75, 3.05) is 13.1 Å². The zero-order valence-electron chi connectivity index (χ0n) is 12.5. The third-order valence-electron chi connectivity index (χ3n) is 4.33. The van der Waals surface area contributed by atoms with Crippen LogP contribution in [0.4, 0.5) is 8.78 Å². The second-order valence-electron chi connectivity index (χ2n) is 5.93. The summed E-state index contributed by atoms with van der Waals surface area (Å²) in [5, 5.41) is 3.48. The average molecular weight is 282 g/mol. The smallest absolute Gasteiger partial charge is 0.127 e. The molecule has 4 heteroatoms. The zero-order valence-corrected chi connectivity index (χ0v) is 12.5. The van der Waals surface area contributed by atoms with E-state index in [2.05, 4.69) is 31.0 Å². The Labute approximate surface area is 120 Å². The lowest BCUT2D eigenvalue weighted by Crippen LogP contribution is -2.57. The van der Waals surface area contributed by atoms with Crippen LogP contribution in [-0.4, -0.2) is 30.1 Å². The number of nitrogens with one attached hydrogen (secondary N) is 1. The Kier molecular flexibility index (Phi) is 5.11. The monoisotopic (exact) mass is 282 g/mol. The molecule has 1 aliphatic heterocycles. The first kappa shape index (κ1) is 15.4. The van der Waals surface area contributed by atoms with Crippen molar-refractivity contribution in [2.24, 2.45) is 5.92 Å². The Morgan fingerprint density at radius 1 is 1.40 bits per heavy atom. The number of nitrogens with zero attached hydrogens (tertiary/aromatic N) is 1. The largest absolute Gasteiger partial charge is 0.311 e. The molecular weight excluding hydrogens is 258 g/mol. The van der Waals surface area contributed by atoms with Gasteiger partial charge in [-0.1, -0.05) is 20.3 Å². The van der Waals surface area contributed by atoms with Crippen molar-refractivity contribution in [1.29, 1.82) is 0 Å². The highest BCUT2D eigenvalue weighted by molar-refractivity contribution is 5.19. The van der Waals surface area contributed by atoms with Crippen molar-refractivity contribution in [2.45, 2.75) is 45.8 Å². The number of hydrogen-bond acceptors (Lipinski definition) is 2. The van der Waals surface area contributed by atoms with Crippen LogP contribution >= 0.6 is 0 Å². The van der Waals surface area contributed by atoms with Gasteiger partial charge in [0.2, 0.25) is 0 Å². The molecule has 1 N–H and O–H groups in total. The highest BCUT2D eigenvalue weighted by Gasteiger charge is 2.29. The number of hydrogen-bond donors (Lipinski definition) is 1. The van der Waals surface area contributed by atoms with Crippen LogP contribution in [0.25, 0.3) is 0 Å². The Hall–Kier alpha value is -1.00. The number of rotatable bonds is 4. The molecule has 3 atom stereocenters. The van der Waals surface area contributed by atoms with E-state index in [1.807, 2.05) is 0 Å². The van der Waals surface area contributed by atoms with Gasteiger partial charge in [0.25, 0.3) is 0 Å². The molecule has 1 aromatic carbocycles.